The summed E-state index contributed by atoms with van der Waals surface area (Å²) in [6.45, 7) is 2.45. The molecule has 2 heterocycles. The number of carbonyl (C=O) groups is 2. The first-order valence-corrected chi connectivity index (χ1v) is 10.6. The minimum atomic E-state index is -0.174. The molecule has 0 aliphatic heterocycles. The predicted molar refractivity (Wildman–Crippen MR) is 113 cm³/mol. The van der Waals surface area contributed by atoms with Crippen LogP contribution in [0.15, 0.2) is 28.9 Å². The number of hydrogen-bond donors (Lipinski definition) is 2. The SMILES string of the molecule is CCNC(=O)c1c(NC(=O)Cc2coc3ccc(Cl)cc23)sc2c1CCCC2. The van der Waals surface area contributed by atoms with Gasteiger partial charge in [0.2, 0.25) is 5.91 Å². The molecule has 1 aliphatic carbocycles. The van der Waals surface area contributed by atoms with Crippen molar-refractivity contribution in [1.82, 2.24) is 5.32 Å². The van der Waals surface area contributed by atoms with Crippen LogP contribution in [0.2, 0.25) is 5.02 Å². The topological polar surface area (TPSA) is 71.3 Å². The van der Waals surface area contributed by atoms with Gasteiger partial charge in [-0.05, 0) is 56.4 Å². The van der Waals surface area contributed by atoms with Crippen molar-refractivity contribution >= 4 is 50.7 Å². The summed E-state index contributed by atoms with van der Waals surface area (Å²) < 4.78 is 5.52. The third-order valence-electron chi connectivity index (χ3n) is 4.96. The summed E-state index contributed by atoms with van der Waals surface area (Å²) >= 11 is 7.60. The summed E-state index contributed by atoms with van der Waals surface area (Å²) in [6.07, 6.45) is 5.80. The van der Waals surface area contributed by atoms with Crippen LogP contribution in [-0.2, 0) is 24.1 Å². The standard InChI is InChI=1S/C21H21ClN2O3S/c1-2-23-20(26)19-14-5-3-4-6-17(14)28-21(19)24-18(25)9-12-11-27-16-8-7-13(22)10-15(12)16/h7-8,10-11H,2-6,9H2,1H3,(H,23,26)(H,24,25). The largest absolute Gasteiger partial charge is 0.464 e. The number of nitrogens with one attached hydrogen (secondary N) is 2. The van der Waals surface area contributed by atoms with Crippen LogP contribution in [0.4, 0.5) is 5.00 Å². The van der Waals surface area contributed by atoms with Gasteiger partial charge in [-0.25, -0.2) is 0 Å². The first kappa shape index (κ1) is 19.0. The van der Waals surface area contributed by atoms with Gasteiger partial charge in [-0.1, -0.05) is 11.6 Å². The molecule has 0 fully saturated rings. The third-order valence-corrected chi connectivity index (χ3v) is 6.40. The van der Waals surface area contributed by atoms with E-state index in [1.165, 1.54) is 16.2 Å². The Morgan fingerprint density at radius 1 is 1.25 bits per heavy atom. The number of halogens is 1. The molecule has 0 spiro atoms. The van der Waals surface area contributed by atoms with Crippen LogP contribution in [0.25, 0.3) is 11.0 Å². The van der Waals surface area contributed by atoms with E-state index in [1.807, 2.05) is 6.92 Å². The molecule has 5 nitrogen and oxygen atoms in total. The zero-order valence-corrected chi connectivity index (χ0v) is 17.1. The van der Waals surface area contributed by atoms with Gasteiger partial charge in [0.1, 0.15) is 10.6 Å². The number of aryl methyl sites for hydroxylation is 1. The van der Waals surface area contributed by atoms with Crippen molar-refractivity contribution in [3.63, 3.8) is 0 Å². The summed E-state index contributed by atoms with van der Waals surface area (Å²) in [5.74, 6) is -0.287. The fourth-order valence-corrected chi connectivity index (χ4v) is 5.15. The quantitative estimate of drug-likeness (QED) is 0.617. The lowest BCUT2D eigenvalue weighted by Gasteiger charge is -2.12. The number of fused-ring (bicyclic) bond motifs is 2. The molecule has 0 bridgehead atoms. The zero-order chi connectivity index (χ0) is 19.7. The van der Waals surface area contributed by atoms with Crippen molar-refractivity contribution in [3.05, 3.63) is 51.1 Å². The second-order valence-electron chi connectivity index (χ2n) is 6.90. The summed E-state index contributed by atoms with van der Waals surface area (Å²) in [4.78, 5) is 26.6. The van der Waals surface area contributed by atoms with Gasteiger partial charge in [-0.15, -0.1) is 11.3 Å². The van der Waals surface area contributed by atoms with Crippen molar-refractivity contribution in [2.75, 3.05) is 11.9 Å². The van der Waals surface area contributed by atoms with Crippen molar-refractivity contribution < 1.29 is 14.0 Å². The number of furan rings is 1. The smallest absolute Gasteiger partial charge is 0.254 e. The Kier molecular flexibility index (Phi) is 5.42. The van der Waals surface area contributed by atoms with Crippen LogP contribution in [-0.4, -0.2) is 18.4 Å². The molecule has 2 amide bonds. The van der Waals surface area contributed by atoms with E-state index in [9.17, 15) is 9.59 Å². The van der Waals surface area contributed by atoms with Gasteiger partial charge < -0.3 is 15.1 Å². The molecular weight excluding hydrogens is 396 g/mol. The Morgan fingerprint density at radius 3 is 2.89 bits per heavy atom. The van der Waals surface area contributed by atoms with E-state index in [-0.39, 0.29) is 18.2 Å². The molecule has 146 valence electrons. The fourth-order valence-electron chi connectivity index (χ4n) is 3.68. The van der Waals surface area contributed by atoms with Gasteiger partial charge in [-0.2, -0.15) is 0 Å². The summed E-state index contributed by atoms with van der Waals surface area (Å²) in [7, 11) is 0. The van der Waals surface area contributed by atoms with Crippen LogP contribution >= 0.6 is 22.9 Å². The third kappa shape index (κ3) is 3.66. The molecule has 0 atom stereocenters. The molecule has 1 aliphatic rings. The molecule has 0 unspecified atom stereocenters. The highest BCUT2D eigenvalue weighted by atomic mass is 35.5. The molecule has 0 saturated carbocycles. The van der Waals surface area contributed by atoms with E-state index >= 15 is 0 Å². The number of amides is 2. The predicted octanol–water partition coefficient (Wildman–Crippen LogP) is 4.96. The molecule has 0 radical (unpaired) electrons. The number of hydrogen-bond acceptors (Lipinski definition) is 4. The Balaban J connectivity index is 1.59. The minimum absolute atomic E-state index is 0.113. The number of rotatable bonds is 5. The fraction of sp³-hybridized carbons (Fsp3) is 0.333. The number of carbonyl (C=O) groups excluding carboxylic acids is 2. The Hall–Kier alpha value is -2.31. The normalized spacial score (nSPS) is 13.4. The lowest BCUT2D eigenvalue weighted by Crippen LogP contribution is -2.25. The first-order chi connectivity index (χ1) is 13.6. The van der Waals surface area contributed by atoms with Gasteiger partial charge in [0.25, 0.3) is 5.91 Å². The number of benzene rings is 1. The Bertz CT molecular complexity index is 1050. The van der Waals surface area contributed by atoms with E-state index in [1.54, 1.807) is 24.5 Å². The van der Waals surface area contributed by atoms with Gasteiger partial charge >= 0.3 is 0 Å². The van der Waals surface area contributed by atoms with Crippen LogP contribution in [0.3, 0.4) is 0 Å². The monoisotopic (exact) mass is 416 g/mol. The maximum Gasteiger partial charge on any atom is 0.254 e. The van der Waals surface area contributed by atoms with Gasteiger partial charge in [0.15, 0.2) is 0 Å². The summed E-state index contributed by atoms with van der Waals surface area (Å²) in [6, 6.07) is 5.35. The van der Waals surface area contributed by atoms with Crippen molar-refractivity contribution in [3.8, 4) is 0 Å². The molecule has 4 rings (SSSR count). The van der Waals surface area contributed by atoms with Crippen LogP contribution in [0.1, 0.15) is 46.1 Å². The van der Waals surface area contributed by atoms with E-state index < -0.39 is 0 Å². The molecule has 3 aromatic rings. The van der Waals surface area contributed by atoms with Crippen LogP contribution < -0.4 is 10.6 Å². The molecule has 28 heavy (non-hydrogen) atoms. The maximum absolute atomic E-state index is 12.7. The lowest BCUT2D eigenvalue weighted by atomic mass is 9.95. The van der Waals surface area contributed by atoms with Gasteiger partial charge in [0, 0.05) is 27.4 Å². The molecule has 2 N–H and O–H groups in total. The molecule has 7 heteroatoms. The number of thiophene rings is 1. The van der Waals surface area contributed by atoms with E-state index in [4.69, 9.17) is 16.0 Å². The molecular formula is C21H21ClN2O3S. The summed E-state index contributed by atoms with van der Waals surface area (Å²) in [5, 5.41) is 7.92. The summed E-state index contributed by atoms with van der Waals surface area (Å²) in [5.41, 5.74) is 3.20. The second kappa shape index (κ2) is 7.97. The van der Waals surface area contributed by atoms with Crippen LogP contribution in [0, 0.1) is 0 Å². The first-order valence-electron chi connectivity index (χ1n) is 9.45. The zero-order valence-electron chi connectivity index (χ0n) is 15.6. The van der Waals surface area contributed by atoms with E-state index in [0.717, 1.165) is 42.2 Å². The van der Waals surface area contributed by atoms with Crippen molar-refractivity contribution in [1.29, 1.82) is 0 Å². The minimum Gasteiger partial charge on any atom is -0.464 e. The van der Waals surface area contributed by atoms with Gasteiger partial charge in [0.05, 0.1) is 18.2 Å². The highest BCUT2D eigenvalue weighted by molar-refractivity contribution is 7.17. The highest BCUT2D eigenvalue weighted by Crippen LogP contribution is 2.38. The number of anilines is 1. The van der Waals surface area contributed by atoms with Crippen LogP contribution in [0.5, 0.6) is 0 Å². The Labute approximate surface area is 172 Å². The van der Waals surface area contributed by atoms with Crippen molar-refractivity contribution in [2.45, 2.75) is 39.0 Å². The highest BCUT2D eigenvalue weighted by Gasteiger charge is 2.26. The van der Waals surface area contributed by atoms with Crippen molar-refractivity contribution in [2.24, 2.45) is 0 Å². The molecule has 0 saturated heterocycles. The molecule has 2 aromatic heterocycles. The Morgan fingerprint density at radius 2 is 2.07 bits per heavy atom. The lowest BCUT2D eigenvalue weighted by molar-refractivity contribution is -0.115. The second-order valence-corrected chi connectivity index (χ2v) is 8.44. The van der Waals surface area contributed by atoms with E-state index in [0.29, 0.717) is 27.7 Å². The average Bonchev–Trinajstić information content (AvgIpc) is 3.22. The van der Waals surface area contributed by atoms with E-state index in [2.05, 4.69) is 10.6 Å². The average molecular weight is 417 g/mol. The molecule has 1 aromatic carbocycles. The van der Waals surface area contributed by atoms with Gasteiger partial charge in [-0.3, -0.25) is 9.59 Å². The maximum atomic E-state index is 12.7.